The quantitative estimate of drug-likeness (QED) is 0.852. The molecular formula is C19H20N2O3S. The average molecular weight is 356 g/mol. The highest BCUT2D eigenvalue weighted by molar-refractivity contribution is 7.99. The second kappa shape index (κ2) is 7.61. The zero-order valence-electron chi connectivity index (χ0n) is 14.2. The van der Waals surface area contributed by atoms with Crippen molar-refractivity contribution >= 4 is 35.0 Å². The van der Waals surface area contributed by atoms with E-state index in [1.165, 1.54) is 7.11 Å². The van der Waals surface area contributed by atoms with Gasteiger partial charge in [0.05, 0.1) is 24.9 Å². The van der Waals surface area contributed by atoms with Gasteiger partial charge in [0.2, 0.25) is 5.91 Å². The number of carbonyl (C=O) groups is 2. The standard InChI is InChI=1S/C19H20N2O3S/c1-13-6-5-7-14(18(13)19(23)24-2)20-12-17(22)21-10-11-25-16-9-4-3-8-15(16)21/h3-9,20H,10-12H2,1-2H3. The van der Waals surface area contributed by atoms with Crippen LogP contribution in [0.25, 0.3) is 0 Å². The molecule has 0 radical (unpaired) electrons. The summed E-state index contributed by atoms with van der Waals surface area (Å²) in [7, 11) is 1.35. The molecule has 0 bridgehead atoms. The number of rotatable bonds is 4. The average Bonchev–Trinajstić information content (AvgIpc) is 2.65. The summed E-state index contributed by atoms with van der Waals surface area (Å²) in [6.07, 6.45) is 0. The van der Waals surface area contributed by atoms with Gasteiger partial charge in [-0.1, -0.05) is 24.3 Å². The predicted octanol–water partition coefficient (Wildman–Crippen LogP) is 3.33. The molecule has 2 aromatic rings. The molecule has 1 heterocycles. The van der Waals surface area contributed by atoms with E-state index in [-0.39, 0.29) is 12.5 Å². The van der Waals surface area contributed by atoms with Gasteiger partial charge in [-0.05, 0) is 30.7 Å². The highest BCUT2D eigenvalue weighted by Gasteiger charge is 2.23. The van der Waals surface area contributed by atoms with E-state index in [0.717, 1.165) is 21.9 Å². The van der Waals surface area contributed by atoms with Crippen molar-refractivity contribution in [1.82, 2.24) is 0 Å². The van der Waals surface area contributed by atoms with Crippen LogP contribution in [0.4, 0.5) is 11.4 Å². The number of nitrogens with zero attached hydrogens (tertiary/aromatic N) is 1. The minimum absolute atomic E-state index is 0.0231. The second-order valence-corrected chi connectivity index (χ2v) is 6.84. The van der Waals surface area contributed by atoms with Gasteiger partial charge in [-0.3, -0.25) is 4.79 Å². The number of amides is 1. The Hall–Kier alpha value is -2.47. The molecule has 3 rings (SSSR count). The number of esters is 1. The molecule has 0 saturated carbocycles. The number of nitrogens with one attached hydrogen (secondary N) is 1. The number of para-hydroxylation sites is 1. The van der Waals surface area contributed by atoms with Crippen molar-refractivity contribution in [3.05, 3.63) is 53.6 Å². The SMILES string of the molecule is COC(=O)c1c(C)cccc1NCC(=O)N1CCSc2ccccc21. The predicted molar refractivity (Wildman–Crippen MR) is 101 cm³/mol. The lowest BCUT2D eigenvalue weighted by Gasteiger charge is -2.29. The Labute approximate surface area is 151 Å². The molecule has 6 heteroatoms. The number of aryl methyl sites for hydroxylation is 1. The minimum Gasteiger partial charge on any atom is -0.465 e. The minimum atomic E-state index is -0.409. The zero-order chi connectivity index (χ0) is 17.8. The maximum atomic E-state index is 12.7. The van der Waals surface area contributed by atoms with E-state index in [2.05, 4.69) is 5.32 Å². The van der Waals surface area contributed by atoms with Crippen LogP contribution in [0, 0.1) is 6.92 Å². The second-order valence-electron chi connectivity index (χ2n) is 5.70. The van der Waals surface area contributed by atoms with Crippen LogP contribution in [-0.4, -0.2) is 37.8 Å². The largest absolute Gasteiger partial charge is 0.465 e. The molecule has 5 nitrogen and oxygen atoms in total. The van der Waals surface area contributed by atoms with Crippen LogP contribution in [0.2, 0.25) is 0 Å². The van der Waals surface area contributed by atoms with Crippen molar-refractivity contribution in [3.8, 4) is 0 Å². The lowest BCUT2D eigenvalue weighted by atomic mass is 10.1. The highest BCUT2D eigenvalue weighted by atomic mass is 32.2. The van der Waals surface area contributed by atoms with Gasteiger partial charge in [-0.25, -0.2) is 4.79 Å². The summed E-state index contributed by atoms with van der Waals surface area (Å²) in [5, 5.41) is 3.10. The monoisotopic (exact) mass is 356 g/mol. The van der Waals surface area contributed by atoms with Crippen molar-refractivity contribution in [3.63, 3.8) is 0 Å². The Balaban J connectivity index is 1.76. The van der Waals surface area contributed by atoms with E-state index < -0.39 is 5.97 Å². The molecule has 0 spiro atoms. The van der Waals surface area contributed by atoms with Crippen LogP contribution in [-0.2, 0) is 9.53 Å². The number of thioether (sulfide) groups is 1. The lowest BCUT2D eigenvalue weighted by molar-refractivity contribution is -0.117. The Morgan fingerprint density at radius 2 is 2.00 bits per heavy atom. The third kappa shape index (κ3) is 3.64. The van der Waals surface area contributed by atoms with E-state index in [1.54, 1.807) is 22.7 Å². The van der Waals surface area contributed by atoms with Crippen molar-refractivity contribution in [2.45, 2.75) is 11.8 Å². The third-order valence-electron chi connectivity index (χ3n) is 4.12. The van der Waals surface area contributed by atoms with Crippen molar-refractivity contribution < 1.29 is 14.3 Å². The number of hydrogen-bond acceptors (Lipinski definition) is 5. The molecule has 1 aliphatic heterocycles. The van der Waals surface area contributed by atoms with Gasteiger partial charge < -0.3 is 15.0 Å². The van der Waals surface area contributed by atoms with Gasteiger partial charge >= 0.3 is 5.97 Å². The molecule has 25 heavy (non-hydrogen) atoms. The number of anilines is 2. The number of carbonyl (C=O) groups excluding carboxylic acids is 2. The van der Waals surface area contributed by atoms with Crippen LogP contribution in [0.5, 0.6) is 0 Å². The fraction of sp³-hybridized carbons (Fsp3) is 0.263. The van der Waals surface area contributed by atoms with Crippen LogP contribution >= 0.6 is 11.8 Å². The van der Waals surface area contributed by atoms with E-state index in [9.17, 15) is 9.59 Å². The summed E-state index contributed by atoms with van der Waals surface area (Å²) in [5.41, 5.74) is 2.83. The van der Waals surface area contributed by atoms with Crippen LogP contribution in [0.1, 0.15) is 15.9 Å². The molecule has 2 aromatic carbocycles. The van der Waals surface area contributed by atoms with Gasteiger partial charge in [0, 0.05) is 22.9 Å². The normalized spacial score (nSPS) is 13.1. The van der Waals surface area contributed by atoms with Crippen molar-refractivity contribution in [2.75, 3.05) is 36.2 Å². The first-order chi connectivity index (χ1) is 12.1. The fourth-order valence-electron chi connectivity index (χ4n) is 2.88. The van der Waals surface area contributed by atoms with Crippen LogP contribution < -0.4 is 10.2 Å². The molecule has 1 amide bonds. The van der Waals surface area contributed by atoms with E-state index >= 15 is 0 Å². The van der Waals surface area contributed by atoms with E-state index in [4.69, 9.17) is 4.74 Å². The first-order valence-corrected chi connectivity index (χ1v) is 9.04. The Kier molecular flexibility index (Phi) is 5.28. The van der Waals surface area contributed by atoms with Gasteiger partial charge in [-0.2, -0.15) is 0 Å². The molecule has 0 atom stereocenters. The summed E-state index contributed by atoms with van der Waals surface area (Å²) in [6.45, 7) is 2.64. The summed E-state index contributed by atoms with van der Waals surface area (Å²) >= 11 is 1.76. The Morgan fingerprint density at radius 3 is 2.80 bits per heavy atom. The molecule has 0 fully saturated rings. The molecule has 0 aromatic heterocycles. The first-order valence-electron chi connectivity index (χ1n) is 8.06. The fourth-order valence-corrected chi connectivity index (χ4v) is 3.88. The molecule has 1 N–H and O–H groups in total. The summed E-state index contributed by atoms with van der Waals surface area (Å²) < 4.78 is 4.85. The number of fused-ring (bicyclic) bond motifs is 1. The molecule has 1 aliphatic rings. The van der Waals surface area contributed by atoms with Crippen LogP contribution in [0.15, 0.2) is 47.4 Å². The first kappa shape index (κ1) is 17.4. The maximum Gasteiger partial charge on any atom is 0.340 e. The molecule has 0 saturated heterocycles. The summed E-state index contributed by atoms with van der Waals surface area (Å²) in [5.74, 6) is 0.443. The zero-order valence-corrected chi connectivity index (χ0v) is 15.1. The number of benzene rings is 2. The van der Waals surface area contributed by atoms with Gasteiger partial charge in [-0.15, -0.1) is 11.8 Å². The van der Waals surface area contributed by atoms with Gasteiger partial charge in [0.25, 0.3) is 0 Å². The molecular weight excluding hydrogens is 336 g/mol. The van der Waals surface area contributed by atoms with Crippen LogP contribution in [0.3, 0.4) is 0 Å². The Morgan fingerprint density at radius 1 is 1.20 bits per heavy atom. The number of hydrogen-bond donors (Lipinski definition) is 1. The van der Waals surface area contributed by atoms with Gasteiger partial charge in [0.1, 0.15) is 0 Å². The third-order valence-corrected chi connectivity index (χ3v) is 5.16. The molecule has 0 unspecified atom stereocenters. The van der Waals surface area contributed by atoms with E-state index in [1.807, 2.05) is 43.3 Å². The summed E-state index contributed by atoms with van der Waals surface area (Å²) in [4.78, 5) is 27.6. The highest BCUT2D eigenvalue weighted by Crippen LogP contribution is 2.34. The van der Waals surface area contributed by atoms with Crippen molar-refractivity contribution in [2.24, 2.45) is 0 Å². The Bertz CT molecular complexity index is 807. The number of ether oxygens (including phenoxy) is 1. The maximum absolute atomic E-state index is 12.7. The van der Waals surface area contributed by atoms with E-state index in [0.29, 0.717) is 17.8 Å². The lowest BCUT2D eigenvalue weighted by Crippen LogP contribution is -2.39. The van der Waals surface area contributed by atoms with Gasteiger partial charge in [0.15, 0.2) is 0 Å². The topological polar surface area (TPSA) is 58.6 Å². The molecule has 0 aliphatic carbocycles. The van der Waals surface area contributed by atoms with Crippen molar-refractivity contribution in [1.29, 1.82) is 0 Å². The summed E-state index contributed by atoms with van der Waals surface area (Å²) in [6, 6.07) is 13.4. The smallest absolute Gasteiger partial charge is 0.340 e. The number of methoxy groups -OCH3 is 1. The molecule has 130 valence electrons.